The molecule has 0 bridgehead atoms. The van der Waals surface area contributed by atoms with Gasteiger partial charge in [0.05, 0.1) is 12.2 Å². The van der Waals surface area contributed by atoms with Gasteiger partial charge >= 0.3 is 0 Å². The van der Waals surface area contributed by atoms with E-state index in [4.69, 9.17) is 10.5 Å². The molecule has 0 saturated carbocycles. The maximum atomic E-state index is 13.0. The zero-order valence-corrected chi connectivity index (χ0v) is 16.9. The molecule has 2 N–H and O–H groups in total. The van der Waals surface area contributed by atoms with Gasteiger partial charge in [0.1, 0.15) is 0 Å². The first-order valence-electron chi connectivity index (χ1n) is 9.03. The highest BCUT2D eigenvalue weighted by atomic mass is 79.9. The van der Waals surface area contributed by atoms with Crippen molar-refractivity contribution in [2.75, 3.05) is 13.1 Å². The number of halogens is 1. The van der Waals surface area contributed by atoms with Gasteiger partial charge < -0.3 is 15.4 Å². The predicted octanol–water partition coefficient (Wildman–Crippen LogP) is 3.37. The number of amides is 2. The molecule has 0 spiro atoms. The molecule has 0 unspecified atom stereocenters. The maximum Gasteiger partial charge on any atom is 0.254 e. The van der Waals surface area contributed by atoms with Crippen molar-refractivity contribution < 1.29 is 14.3 Å². The van der Waals surface area contributed by atoms with Crippen molar-refractivity contribution in [1.82, 2.24) is 4.90 Å². The van der Waals surface area contributed by atoms with Gasteiger partial charge in [0.2, 0.25) is 5.91 Å². The monoisotopic (exact) mass is 428 g/mol. The lowest BCUT2D eigenvalue weighted by molar-refractivity contribution is -0.0586. The van der Waals surface area contributed by atoms with Crippen LogP contribution in [0, 0.1) is 0 Å². The van der Waals surface area contributed by atoms with Crippen LogP contribution in [0.15, 0.2) is 34.8 Å². The summed E-state index contributed by atoms with van der Waals surface area (Å²) in [4.78, 5) is 26.7. The van der Waals surface area contributed by atoms with Gasteiger partial charge in [-0.15, -0.1) is 0 Å². The lowest BCUT2D eigenvalue weighted by Gasteiger charge is -2.35. The molecule has 2 aromatic carbocycles. The number of ether oxygens (including phenoxy) is 1. The van der Waals surface area contributed by atoms with Gasteiger partial charge in [-0.1, -0.05) is 22.0 Å². The molecule has 1 saturated heterocycles. The first-order chi connectivity index (χ1) is 12.8. The van der Waals surface area contributed by atoms with Crippen LogP contribution in [0.3, 0.4) is 0 Å². The Morgan fingerprint density at radius 1 is 1.11 bits per heavy atom. The van der Waals surface area contributed by atoms with Gasteiger partial charge in [-0.25, -0.2) is 0 Å². The van der Waals surface area contributed by atoms with Crippen LogP contribution in [0.2, 0.25) is 0 Å². The second kappa shape index (κ2) is 6.77. The number of fused-ring (bicyclic) bond motifs is 3. The molecule has 2 aliphatic rings. The van der Waals surface area contributed by atoms with E-state index in [9.17, 15) is 9.59 Å². The molecule has 140 valence electrons. The van der Waals surface area contributed by atoms with Gasteiger partial charge in [-0.05, 0) is 66.8 Å². The molecule has 0 radical (unpaired) electrons. The number of nitrogens with two attached hydrogens (primary N) is 1. The van der Waals surface area contributed by atoms with Gasteiger partial charge in [0.15, 0.2) is 0 Å². The SMILES string of the molecule is C[C@@H]1CN(C(=O)c2ccc3c(c2)Cc2c(C(N)=O)cc(Br)cc2-3)C[C@H](C)O1. The van der Waals surface area contributed by atoms with Crippen LogP contribution in [0.1, 0.15) is 45.7 Å². The molecule has 27 heavy (non-hydrogen) atoms. The number of benzene rings is 2. The minimum absolute atomic E-state index is 0.0204. The summed E-state index contributed by atoms with van der Waals surface area (Å²) >= 11 is 3.46. The van der Waals surface area contributed by atoms with Crippen LogP contribution in [0.4, 0.5) is 0 Å². The van der Waals surface area contributed by atoms with Crippen molar-refractivity contribution in [3.8, 4) is 11.1 Å². The predicted molar refractivity (Wildman–Crippen MR) is 107 cm³/mol. The molecule has 2 atom stereocenters. The van der Waals surface area contributed by atoms with Crippen molar-refractivity contribution in [3.05, 3.63) is 57.1 Å². The normalized spacial score (nSPS) is 20.9. The number of primary amides is 1. The van der Waals surface area contributed by atoms with Crippen LogP contribution in [0.5, 0.6) is 0 Å². The molecule has 4 rings (SSSR count). The Labute approximate surface area is 166 Å². The fourth-order valence-electron chi connectivity index (χ4n) is 4.14. The van der Waals surface area contributed by atoms with Crippen molar-refractivity contribution in [3.63, 3.8) is 0 Å². The molecule has 5 nitrogen and oxygen atoms in total. The summed E-state index contributed by atoms with van der Waals surface area (Å²) < 4.78 is 6.54. The largest absolute Gasteiger partial charge is 0.372 e. The summed E-state index contributed by atoms with van der Waals surface area (Å²) in [6.45, 7) is 5.16. The van der Waals surface area contributed by atoms with Crippen LogP contribution in [-0.4, -0.2) is 42.0 Å². The molecule has 1 aliphatic heterocycles. The number of nitrogens with zero attached hydrogens (tertiary/aromatic N) is 1. The van der Waals surface area contributed by atoms with Crippen LogP contribution < -0.4 is 5.73 Å². The Morgan fingerprint density at radius 3 is 2.48 bits per heavy atom. The molecule has 1 aliphatic carbocycles. The van der Waals surface area contributed by atoms with Crippen molar-refractivity contribution in [2.24, 2.45) is 5.73 Å². The second-order valence-corrected chi connectivity index (χ2v) is 8.28. The molecule has 0 aromatic heterocycles. The number of hydrogen-bond donors (Lipinski definition) is 1. The van der Waals surface area contributed by atoms with Crippen molar-refractivity contribution in [2.45, 2.75) is 32.5 Å². The molecule has 2 aromatic rings. The summed E-state index contributed by atoms with van der Waals surface area (Å²) in [7, 11) is 0. The minimum Gasteiger partial charge on any atom is -0.372 e. The smallest absolute Gasteiger partial charge is 0.254 e. The van der Waals surface area contributed by atoms with E-state index in [1.807, 2.05) is 43.0 Å². The summed E-state index contributed by atoms with van der Waals surface area (Å²) in [5.41, 5.74) is 10.8. The Morgan fingerprint density at radius 2 is 1.81 bits per heavy atom. The van der Waals surface area contributed by atoms with Gasteiger partial charge in [0.25, 0.3) is 5.91 Å². The Balaban J connectivity index is 1.68. The van der Waals surface area contributed by atoms with Crippen LogP contribution in [-0.2, 0) is 11.2 Å². The number of carbonyl (C=O) groups is 2. The first-order valence-corrected chi connectivity index (χ1v) is 9.83. The molecule has 1 fully saturated rings. The van der Waals surface area contributed by atoms with Crippen molar-refractivity contribution in [1.29, 1.82) is 0 Å². The van der Waals surface area contributed by atoms with E-state index < -0.39 is 5.91 Å². The van der Waals surface area contributed by atoms with Crippen molar-refractivity contribution >= 4 is 27.7 Å². The third-order valence-electron chi connectivity index (χ3n) is 5.20. The summed E-state index contributed by atoms with van der Waals surface area (Å²) in [5.74, 6) is -0.417. The highest BCUT2D eigenvalue weighted by Crippen LogP contribution is 2.40. The van der Waals surface area contributed by atoms with E-state index in [2.05, 4.69) is 15.9 Å². The second-order valence-electron chi connectivity index (χ2n) is 7.36. The topological polar surface area (TPSA) is 72.6 Å². The number of morpholine rings is 1. The fraction of sp³-hybridized carbons (Fsp3) is 0.333. The third-order valence-corrected chi connectivity index (χ3v) is 5.65. The molecule has 1 heterocycles. The Hall–Kier alpha value is -2.18. The lowest BCUT2D eigenvalue weighted by Crippen LogP contribution is -2.48. The molecule has 2 amide bonds. The zero-order chi connectivity index (χ0) is 19.3. The highest BCUT2D eigenvalue weighted by Gasteiger charge is 2.29. The fourth-order valence-corrected chi connectivity index (χ4v) is 4.60. The zero-order valence-electron chi connectivity index (χ0n) is 15.3. The summed E-state index contributed by atoms with van der Waals surface area (Å²) in [5, 5.41) is 0. The maximum absolute atomic E-state index is 13.0. The molecular weight excluding hydrogens is 408 g/mol. The van der Waals surface area contributed by atoms with Gasteiger partial charge in [-0.2, -0.15) is 0 Å². The van der Waals surface area contributed by atoms with E-state index >= 15 is 0 Å². The van der Waals surface area contributed by atoms with E-state index in [1.54, 1.807) is 6.07 Å². The third kappa shape index (κ3) is 3.28. The highest BCUT2D eigenvalue weighted by molar-refractivity contribution is 9.10. The van der Waals surface area contributed by atoms with E-state index in [1.165, 1.54) is 0 Å². The Kier molecular flexibility index (Phi) is 4.56. The quantitative estimate of drug-likeness (QED) is 0.679. The van der Waals surface area contributed by atoms with Crippen LogP contribution >= 0.6 is 15.9 Å². The Bertz CT molecular complexity index is 947. The average Bonchev–Trinajstić information content (AvgIpc) is 2.97. The number of rotatable bonds is 2. The minimum atomic E-state index is -0.437. The van der Waals surface area contributed by atoms with E-state index in [0.29, 0.717) is 30.6 Å². The van der Waals surface area contributed by atoms with Crippen LogP contribution in [0.25, 0.3) is 11.1 Å². The summed E-state index contributed by atoms with van der Waals surface area (Å²) in [6.07, 6.45) is 0.673. The van der Waals surface area contributed by atoms with E-state index in [-0.39, 0.29) is 18.1 Å². The molecule has 6 heteroatoms. The average molecular weight is 429 g/mol. The first kappa shape index (κ1) is 18.2. The van der Waals surface area contributed by atoms with Gasteiger partial charge in [0, 0.05) is 28.7 Å². The molecular formula is C21H21BrN2O3. The standard InChI is InChI=1S/C21H21BrN2O3/c1-11-9-24(10-12(2)27-11)21(26)13-3-4-16-14(5-13)6-17-18(16)7-15(22)8-19(17)20(23)25/h3-5,7-8,11-12H,6,9-10H2,1-2H3,(H2,23,25)/t11-,12+. The number of hydrogen-bond acceptors (Lipinski definition) is 3. The van der Waals surface area contributed by atoms with Gasteiger partial charge in [-0.3, -0.25) is 9.59 Å². The lowest BCUT2D eigenvalue weighted by atomic mass is 10.0. The number of carbonyl (C=O) groups excluding carboxylic acids is 2. The summed E-state index contributed by atoms with van der Waals surface area (Å²) in [6, 6.07) is 9.54. The van der Waals surface area contributed by atoms with E-state index in [0.717, 1.165) is 26.7 Å².